The van der Waals surface area contributed by atoms with E-state index in [2.05, 4.69) is 10.6 Å². The zero-order valence-electron chi connectivity index (χ0n) is 28.0. The van der Waals surface area contributed by atoms with Gasteiger partial charge in [0.25, 0.3) is 5.91 Å². The Labute approximate surface area is 273 Å². The molecule has 2 aliphatic heterocycles. The second-order valence-electron chi connectivity index (χ2n) is 12.9. The lowest BCUT2D eigenvalue weighted by atomic mass is 9.91. The summed E-state index contributed by atoms with van der Waals surface area (Å²) in [4.78, 5) is 97.9. The van der Waals surface area contributed by atoms with Gasteiger partial charge in [0, 0.05) is 26.2 Å². The van der Waals surface area contributed by atoms with E-state index in [0.717, 1.165) is 4.90 Å². The minimum absolute atomic E-state index is 0.236. The molecule has 1 aliphatic carbocycles. The summed E-state index contributed by atoms with van der Waals surface area (Å²) in [6, 6.07) is -4.92. The van der Waals surface area contributed by atoms with Crippen molar-refractivity contribution < 1.29 is 43.4 Å². The third-order valence-electron chi connectivity index (χ3n) is 8.75. The van der Waals surface area contributed by atoms with Crippen molar-refractivity contribution in [2.75, 3.05) is 27.2 Å². The molecule has 0 aromatic carbocycles. The number of cyclic esters (lactones) is 1. The first kappa shape index (κ1) is 36.7. The molecule has 0 saturated carbocycles. The number of ketones is 1. The van der Waals surface area contributed by atoms with E-state index >= 15 is 0 Å². The van der Waals surface area contributed by atoms with Crippen LogP contribution in [0, 0.1) is 17.2 Å². The number of hydrogen-bond acceptors (Lipinski definition) is 11. The van der Waals surface area contributed by atoms with Gasteiger partial charge in [-0.25, -0.2) is 4.79 Å². The molecule has 0 aromatic heterocycles. The third kappa shape index (κ3) is 7.30. The Bertz CT molecular complexity index is 1450. The summed E-state index contributed by atoms with van der Waals surface area (Å²) in [5.41, 5.74) is 3.59. The number of carbonyl (C=O) groups excluding carboxylic acids is 7. The quantitative estimate of drug-likeness (QED) is 0.185. The second kappa shape index (κ2) is 14.3. The summed E-state index contributed by atoms with van der Waals surface area (Å²) in [5, 5.41) is 23.5. The van der Waals surface area contributed by atoms with Crippen LogP contribution in [0.2, 0.25) is 0 Å². The van der Waals surface area contributed by atoms with Crippen molar-refractivity contribution in [2.24, 2.45) is 17.6 Å². The Morgan fingerprint density at radius 2 is 1.68 bits per heavy atom. The summed E-state index contributed by atoms with van der Waals surface area (Å²) in [5.74, 6) is -7.28. The van der Waals surface area contributed by atoms with Gasteiger partial charge in [0.15, 0.2) is 0 Å². The molecule has 16 nitrogen and oxygen atoms in total. The number of nitrogens with one attached hydrogen (secondary N) is 3. The van der Waals surface area contributed by atoms with Crippen molar-refractivity contribution in [3.63, 3.8) is 0 Å². The predicted octanol–water partition coefficient (Wildman–Crippen LogP) is -0.863. The standard InChI is InChI=1S/C31H45N7O9/c1-13(2)22-30(45)38-11-9-10-17(38)29(44)36(7)12-18(39)37(8)24(14(3)4)31(46)47-16(6)23(28(43)34-22)35-27(42)19-20(32)25(40)15(5)26(41)21(19)33/h13-14,16-17,22-24,32,41H,9-12,33H2,1-8H3,(H,34,43)(H,35,42)/t16-,17+,22-,23+,24+/m1/s1. The molecule has 3 rings (SSSR count). The lowest BCUT2D eigenvalue weighted by Gasteiger charge is -2.36. The molecule has 0 bridgehead atoms. The van der Waals surface area contributed by atoms with Crippen LogP contribution in [-0.2, 0) is 38.3 Å². The van der Waals surface area contributed by atoms with Gasteiger partial charge in [0.1, 0.15) is 41.7 Å². The average molecular weight is 660 g/mol. The smallest absolute Gasteiger partial charge is 0.329 e. The highest BCUT2D eigenvalue weighted by molar-refractivity contribution is 6.56. The fourth-order valence-corrected chi connectivity index (χ4v) is 5.93. The predicted molar refractivity (Wildman–Crippen MR) is 167 cm³/mol. The molecule has 2 saturated heterocycles. The van der Waals surface area contributed by atoms with E-state index in [1.165, 1.54) is 37.7 Å². The second-order valence-corrected chi connectivity index (χ2v) is 12.9. The number of hydrogen-bond donors (Lipinski definition) is 5. The molecule has 6 N–H and O–H groups in total. The van der Waals surface area contributed by atoms with Gasteiger partial charge < -0.3 is 40.9 Å². The highest BCUT2D eigenvalue weighted by Gasteiger charge is 2.44. The van der Waals surface area contributed by atoms with E-state index in [1.807, 2.05) is 0 Å². The van der Waals surface area contributed by atoms with Crippen LogP contribution in [0.1, 0.15) is 54.4 Å². The number of esters is 1. The molecule has 5 amide bonds. The van der Waals surface area contributed by atoms with E-state index in [-0.39, 0.29) is 18.7 Å². The van der Waals surface area contributed by atoms with Crippen molar-refractivity contribution in [1.82, 2.24) is 25.3 Å². The molecule has 3 aliphatic rings. The number of aliphatic hydroxyl groups is 1. The van der Waals surface area contributed by atoms with Gasteiger partial charge in [-0.15, -0.1) is 0 Å². The lowest BCUT2D eigenvalue weighted by Crippen LogP contribution is -2.61. The number of ether oxygens (including phenoxy) is 1. The number of carbonyl (C=O) groups is 7. The van der Waals surface area contributed by atoms with E-state index in [0.29, 0.717) is 12.8 Å². The number of fused-ring (bicyclic) bond motifs is 1. The third-order valence-corrected chi connectivity index (χ3v) is 8.75. The number of rotatable bonds is 4. The van der Waals surface area contributed by atoms with Crippen molar-refractivity contribution in [2.45, 2.75) is 84.7 Å². The van der Waals surface area contributed by atoms with Gasteiger partial charge in [-0.05, 0) is 38.5 Å². The molecule has 0 spiro atoms. The first-order valence-electron chi connectivity index (χ1n) is 15.5. The molecular formula is C31H45N7O9. The largest absolute Gasteiger partial charge is 0.505 e. The molecule has 0 unspecified atom stereocenters. The minimum Gasteiger partial charge on any atom is -0.505 e. The van der Waals surface area contributed by atoms with Crippen molar-refractivity contribution in [3.05, 3.63) is 22.6 Å². The number of allylic oxidation sites excluding steroid dienone is 1. The van der Waals surface area contributed by atoms with Gasteiger partial charge in [-0.3, -0.25) is 34.2 Å². The fraction of sp³-hybridized carbons (Fsp3) is 0.613. The molecule has 47 heavy (non-hydrogen) atoms. The Morgan fingerprint density at radius 1 is 1.06 bits per heavy atom. The first-order valence-corrected chi connectivity index (χ1v) is 15.5. The van der Waals surface area contributed by atoms with E-state index in [4.69, 9.17) is 15.9 Å². The Morgan fingerprint density at radius 3 is 2.26 bits per heavy atom. The number of amides is 5. The highest BCUT2D eigenvalue weighted by Crippen LogP contribution is 2.24. The molecule has 258 valence electrons. The van der Waals surface area contributed by atoms with Crippen LogP contribution in [-0.4, -0.2) is 124 Å². The summed E-state index contributed by atoms with van der Waals surface area (Å²) >= 11 is 0. The van der Waals surface area contributed by atoms with Crippen LogP contribution in [0.4, 0.5) is 0 Å². The SMILES string of the molecule is CC1=C(O)C(N)=C(C(=O)N[C@@H]2C(=O)N[C@H](C(C)C)C(=O)N3CCC[C@H]3C(=O)N(C)CC(=O)N(C)[C@@H](C(C)C)C(=O)O[C@@H]2C)C(=N)C1=O. The Hall–Kier alpha value is -4.76. The van der Waals surface area contributed by atoms with Crippen LogP contribution < -0.4 is 16.4 Å². The molecule has 16 heteroatoms. The molecular weight excluding hydrogens is 614 g/mol. The summed E-state index contributed by atoms with van der Waals surface area (Å²) in [6.07, 6.45) is -0.564. The molecule has 0 radical (unpaired) electrons. The van der Waals surface area contributed by atoms with Gasteiger partial charge >= 0.3 is 5.97 Å². The number of aliphatic hydroxyl groups excluding tert-OH is 1. The fourth-order valence-electron chi connectivity index (χ4n) is 5.93. The maximum absolute atomic E-state index is 13.9. The van der Waals surface area contributed by atoms with Crippen LogP contribution >= 0.6 is 0 Å². The van der Waals surface area contributed by atoms with Gasteiger partial charge in [-0.2, -0.15) is 0 Å². The van der Waals surface area contributed by atoms with Crippen LogP contribution in [0.3, 0.4) is 0 Å². The monoisotopic (exact) mass is 659 g/mol. The van der Waals surface area contributed by atoms with E-state index < -0.39 is 106 Å². The van der Waals surface area contributed by atoms with Crippen LogP contribution in [0.15, 0.2) is 22.6 Å². The van der Waals surface area contributed by atoms with Crippen LogP contribution in [0.5, 0.6) is 0 Å². The molecule has 0 aromatic rings. The van der Waals surface area contributed by atoms with Gasteiger partial charge in [0.2, 0.25) is 29.4 Å². The van der Waals surface area contributed by atoms with Crippen molar-refractivity contribution >= 4 is 47.0 Å². The molecule has 5 atom stereocenters. The first-order chi connectivity index (χ1) is 21.8. The number of Topliss-reactive ketones (excluding diaryl/α,β-unsaturated/α-hetero) is 1. The normalized spacial score (nSPS) is 27.6. The maximum atomic E-state index is 13.9. The van der Waals surface area contributed by atoms with Gasteiger partial charge in [0.05, 0.1) is 17.8 Å². The van der Waals surface area contributed by atoms with Crippen molar-refractivity contribution in [3.8, 4) is 0 Å². The maximum Gasteiger partial charge on any atom is 0.329 e. The van der Waals surface area contributed by atoms with E-state index in [1.54, 1.807) is 27.7 Å². The summed E-state index contributed by atoms with van der Waals surface area (Å²) in [6.45, 7) is 9.13. The summed E-state index contributed by atoms with van der Waals surface area (Å²) < 4.78 is 5.66. The van der Waals surface area contributed by atoms with E-state index in [9.17, 15) is 38.7 Å². The van der Waals surface area contributed by atoms with Crippen molar-refractivity contribution in [1.29, 1.82) is 5.41 Å². The topological polar surface area (TPSA) is 233 Å². The number of nitrogens with zero attached hydrogens (tertiary/aromatic N) is 3. The average Bonchev–Trinajstić information content (AvgIpc) is 3.48. The lowest BCUT2D eigenvalue weighted by molar-refractivity contribution is -0.163. The highest BCUT2D eigenvalue weighted by atomic mass is 16.5. The Balaban J connectivity index is 2.11. The summed E-state index contributed by atoms with van der Waals surface area (Å²) in [7, 11) is 2.82. The minimum atomic E-state index is -1.71. The zero-order valence-corrected chi connectivity index (χ0v) is 28.0. The molecule has 2 heterocycles. The molecule has 2 fully saturated rings. The zero-order chi connectivity index (χ0) is 35.7. The van der Waals surface area contributed by atoms with Crippen LogP contribution in [0.25, 0.3) is 0 Å². The van der Waals surface area contributed by atoms with Gasteiger partial charge in [-0.1, -0.05) is 27.7 Å². The number of nitrogens with two attached hydrogens (primary N) is 1. The number of likely N-dealkylation sites (N-methyl/N-ethyl adjacent to an activating group) is 2. The Kier molecular flexibility index (Phi) is 11.2.